The molecule has 9 heteroatoms. The van der Waals surface area contributed by atoms with Crippen LogP contribution in [0.1, 0.15) is 40.4 Å². The first-order valence-electron chi connectivity index (χ1n) is 11.8. The van der Waals surface area contributed by atoms with Crippen LogP contribution in [-0.2, 0) is 27.1 Å². The number of ketones is 1. The molecule has 0 amide bonds. The maximum atomic E-state index is 13.2. The molecule has 0 radical (unpaired) electrons. The van der Waals surface area contributed by atoms with Gasteiger partial charge in [0.1, 0.15) is 42.4 Å². The van der Waals surface area contributed by atoms with Gasteiger partial charge in [0.15, 0.2) is 5.78 Å². The van der Waals surface area contributed by atoms with Gasteiger partial charge >= 0.3 is 5.97 Å². The lowest BCUT2D eigenvalue weighted by Crippen LogP contribution is -2.59. The number of phenols is 1. The molecule has 9 nitrogen and oxygen atoms in total. The topological polar surface area (TPSA) is 147 Å². The van der Waals surface area contributed by atoms with Crippen LogP contribution in [0.3, 0.4) is 0 Å². The summed E-state index contributed by atoms with van der Waals surface area (Å²) in [6.07, 6.45) is -4.37. The number of esters is 1. The molecule has 192 valence electrons. The highest BCUT2D eigenvalue weighted by Gasteiger charge is 2.44. The summed E-state index contributed by atoms with van der Waals surface area (Å²) >= 11 is 0. The molecule has 0 spiro atoms. The number of hydrogen-bond acceptors (Lipinski definition) is 9. The lowest BCUT2D eigenvalue weighted by Gasteiger charge is -2.40. The Hall–Kier alpha value is -3.24. The molecule has 4 N–H and O–H groups in total. The monoisotopic (exact) mass is 498 g/mol. The van der Waals surface area contributed by atoms with Gasteiger partial charge in [-0.05, 0) is 54.3 Å². The number of fused-ring (bicyclic) bond motifs is 1. The van der Waals surface area contributed by atoms with Crippen LogP contribution in [0, 0.1) is 6.92 Å². The van der Waals surface area contributed by atoms with E-state index in [0.717, 1.165) is 16.5 Å². The second-order valence-electron chi connectivity index (χ2n) is 9.23. The first-order valence-corrected chi connectivity index (χ1v) is 11.8. The molecule has 1 aliphatic heterocycles. The number of hydrogen-bond donors (Lipinski definition) is 4. The number of aliphatic hydroxyl groups is 3. The minimum Gasteiger partial charge on any atom is -0.507 e. The van der Waals surface area contributed by atoms with Crippen LogP contribution in [0.15, 0.2) is 47.1 Å². The number of phenolic OH excluding ortho intramolecular Hbond substituents is 1. The molecule has 1 saturated heterocycles. The number of carbonyl (C=O) groups is 2. The summed E-state index contributed by atoms with van der Waals surface area (Å²) in [4.78, 5) is 24.4. The van der Waals surface area contributed by atoms with Crippen molar-refractivity contribution < 1.29 is 43.9 Å². The fourth-order valence-corrected chi connectivity index (χ4v) is 4.63. The van der Waals surface area contributed by atoms with Crippen LogP contribution in [0.4, 0.5) is 0 Å². The number of ether oxygens (including phenoxy) is 2. The van der Waals surface area contributed by atoms with Crippen molar-refractivity contribution in [2.24, 2.45) is 0 Å². The zero-order valence-corrected chi connectivity index (χ0v) is 20.1. The molecule has 4 rings (SSSR count). The molecule has 3 aromatic rings. The van der Waals surface area contributed by atoms with Gasteiger partial charge in [-0.2, -0.15) is 0 Å². The Kier molecular flexibility index (Phi) is 7.75. The Labute approximate surface area is 207 Å². The molecule has 1 fully saturated rings. The molecule has 0 bridgehead atoms. The van der Waals surface area contributed by atoms with Crippen LogP contribution in [0.2, 0.25) is 0 Å². The maximum Gasteiger partial charge on any atom is 0.302 e. The van der Waals surface area contributed by atoms with Crippen LogP contribution in [-0.4, -0.2) is 69.3 Å². The van der Waals surface area contributed by atoms with E-state index in [4.69, 9.17) is 13.9 Å². The van der Waals surface area contributed by atoms with Crippen molar-refractivity contribution in [3.63, 3.8) is 0 Å². The van der Waals surface area contributed by atoms with E-state index in [1.165, 1.54) is 13.0 Å². The summed E-state index contributed by atoms with van der Waals surface area (Å²) in [5, 5.41) is 42.7. The van der Waals surface area contributed by atoms with E-state index in [1.54, 1.807) is 19.3 Å². The van der Waals surface area contributed by atoms with E-state index < -0.39 is 36.5 Å². The predicted molar refractivity (Wildman–Crippen MR) is 129 cm³/mol. The van der Waals surface area contributed by atoms with E-state index in [1.807, 2.05) is 24.3 Å². The molecule has 0 saturated carbocycles. The van der Waals surface area contributed by atoms with Crippen molar-refractivity contribution in [3.8, 4) is 5.75 Å². The Balaban J connectivity index is 1.53. The number of aromatic hydroxyl groups is 1. The third kappa shape index (κ3) is 5.60. The Morgan fingerprint density at radius 1 is 1.00 bits per heavy atom. The molecule has 1 aromatic heterocycles. The van der Waals surface area contributed by atoms with Crippen molar-refractivity contribution in [2.75, 3.05) is 6.61 Å². The summed E-state index contributed by atoms with van der Waals surface area (Å²) in [5.74, 6) is -1.04. The lowest BCUT2D eigenvalue weighted by atomic mass is 9.88. The van der Waals surface area contributed by atoms with E-state index >= 15 is 0 Å². The van der Waals surface area contributed by atoms with Gasteiger partial charge in [0.25, 0.3) is 0 Å². The Morgan fingerprint density at radius 2 is 1.75 bits per heavy atom. The van der Waals surface area contributed by atoms with E-state index in [0.29, 0.717) is 17.5 Å². The summed E-state index contributed by atoms with van der Waals surface area (Å²) < 4.78 is 16.0. The third-order valence-corrected chi connectivity index (χ3v) is 6.46. The summed E-state index contributed by atoms with van der Waals surface area (Å²) in [6, 6.07) is 10.7. The quantitative estimate of drug-likeness (QED) is 0.271. The van der Waals surface area contributed by atoms with Crippen molar-refractivity contribution >= 4 is 22.7 Å². The van der Waals surface area contributed by atoms with Crippen molar-refractivity contribution in [3.05, 3.63) is 64.9 Å². The highest BCUT2D eigenvalue weighted by atomic mass is 16.6. The van der Waals surface area contributed by atoms with Gasteiger partial charge in [0, 0.05) is 25.2 Å². The number of benzene rings is 2. The number of furan rings is 1. The number of carbonyl (C=O) groups excluding carboxylic acids is 2. The molecule has 5 unspecified atom stereocenters. The molecule has 2 aromatic carbocycles. The number of aryl methyl sites for hydroxylation is 2. The molecular weight excluding hydrogens is 468 g/mol. The van der Waals surface area contributed by atoms with Gasteiger partial charge in [0.05, 0.1) is 17.9 Å². The zero-order valence-electron chi connectivity index (χ0n) is 20.1. The van der Waals surface area contributed by atoms with Crippen molar-refractivity contribution in [1.82, 2.24) is 0 Å². The van der Waals surface area contributed by atoms with Gasteiger partial charge in [-0.1, -0.05) is 12.1 Å². The highest BCUT2D eigenvalue weighted by Crippen LogP contribution is 2.31. The second kappa shape index (κ2) is 10.8. The van der Waals surface area contributed by atoms with Crippen LogP contribution in [0.5, 0.6) is 5.75 Å². The summed E-state index contributed by atoms with van der Waals surface area (Å²) in [7, 11) is 0. The second-order valence-corrected chi connectivity index (χ2v) is 9.23. The molecular formula is C27H30O9. The average molecular weight is 499 g/mol. The summed E-state index contributed by atoms with van der Waals surface area (Å²) in [6.45, 7) is 2.67. The van der Waals surface area contributed by atoms with Crippen molar-refractivity contribution in [1.29, 1.82) is 0 Å². The molecule has 0 aliphatic carbocycles. The number of aliphatic hydroxyl groups excluding tert-OH is 3. The van der Waals surface area contributed by atoms with Gasteiger partial charge in [-0.25, -0.2) is 0 Å². The smallest absolute Gasteiger partial charge is 0.302 e. The number of rotatable bonds is 8. The summed E-state index contributed by atoms with van der Waals surface area (Å²) in [5.41, 5.74) is 2.97. The van der Waals surface area contributed by atoms with Crippen LogP contribution in [0.25, 0.3) is 11.0 Å². The van der Waals surface area contributed by atoms with E-state index in [2.05, 4.69) is 0 Å². The standard InChI is InChI=1S/C27H30O9/c1-14-9-18(12-22-25(31)27(33)26(32)23(36-22)13-35-15(2)28)24(20(30)10-14)19(29)5-3-16-4-6-21-17(11-16)7-8-34-21/h4,6-11,22-23,25-27,30-33H,3,5,12-13H2,1-2H3. The molecule has 5 atom stereocenters. The largest absolute Gasteiger partial charge is 0.507 e. The molecule has 1 aliphatic rings. The Bertz CT molecular complexity index is 1250. The zero-order chi connectivity index (χ0) is 26.0. The Morgan fingerprint density at radius 3 is 2.50 bits per heavy atom. The normalized spacial score (nSPS) is 24.1. The molecule has 36 heavy (non-hydrogen) atoms. The minimum atomic E-state index is -1.54. The number of Topliss-reactive ketones (excluding diaryl/α,β-unsaturated/α-hetero) is 1. The van der Waals surface area contributed by atoms with Gasteiger partial charge in [0.2, 0.25) is 0 Å². The van der Waals surface area contributed by atoms with Crippen LogP contribution >= 0.6 is 0 Å². The van der Waals surface area contributed by atoms with E-state index in [-0.39, 0.29) is 36.5 Å². The van der Waals surface area contributed by atoms with Gasteiger partial charge < -0.3 is 34.3 Å². The SMILES string of the molecule is CC(=O)OCC1OC(Cc2cc(C)cc(O)c2C(=O)CCc2ccc3occc3c2)C(O)C(O)C1O. The first-order chi connectivity index (χ1) is 17.1. The fourth-order valence-electron chi connectivity index (χ4n) is 4.63. The molecule has 2 heterocycles. The predicted octanol–water partition coefficient (Wildman–Crippen LogP) is 2.22. The minimum absolute atomic E-state index is 0.0151. The third-order valence-electron chi connectivity index (χ3n) is 6.46. The highest BCUT2D eigenvalue weighted by molar-refractivity contribution is 6.00. The van der Waals surface area contributed by atoms with Gasteiger partial charge in [-0.3, -0.25) is 9.59 Å². The first kappa shape index (κ1) is 25.8. The van der Waals surface area contributed by atoms with Crippen molar-refractivity contribution in [2.45, 2.75) is 63.6 Å². The van der Waals surface area contributed by atoms with Gasteiger partial charge in [-0.15, -0.1) is 0 Å². The average Bonchev–Trinajstić information content (AvgIpc) is 3.29. The lowest BCUT2D eigenvalue weighted by molar-refractivity contribution is -0.231. The maximum absolute atomic E-state index is 13.2. The fraction of sp³-hybridized carbons (Fsp3) is 0.407. The van der Waals surface area contributed by atoms with Crippen LogP contribution < -0.4 is 0 Å². The van der Waals surface area contributed by atoms with E-state index in [9.17, 15) is 30.0 Å².